The molecular formula is C7H3Br2FN2. The van der Waals surface area contributed by atoms with Crippen LogP contribution in [0.2, 0.25) is 0 Å². The predicted molar refractivity (Wildman–Crippen MR) is 50.6 cm³/mol. The normalized spacial score (nSPS) is 10.9. The van der Waals surface area contributed by atoms with Gasteiger partial charge in [-0.15, -0.1) is 0 Å². The lowest BCUT2D eigenvalue weighted by Gasteiger charge is -1.96. The molecule has 0 bridgehead atoms. The summed E-state index contributed by atoms with van der Waals surface area (Å²) in [5.41, 5.74) is 0.586. The Balaban J connectivity index is 2.89. The van der Waals surface area contributed by atoms with Crippen molar-refractivity contribution in [2.75, 3.05) is 0 Å². The first-order valence-corrected chi connectivity index (χ1v) is 4.75. The lowest BCUT2D eigenvalue weighted by atomic mass is 10.5. The first-order chi connectivity index (χ1) is 5.68. The first kappa shape index (κ1) is 8.19. The van der Waals surface area contributed by atoms with E-state index < -0.39 is 0 Å². The van der Waals surface area contributed by atoms with Crippen molar-refractivity contribution in [1.29, 1.82) is 0 Å². The van der Waals surface area contributed by atoms with Gasteiger partial charge >= 0.3 is 0 Å². The molecule has 0 aromatic carbocycles. The van der Waals surface area contributed by atoms with Crippen LogP contribution in [-0.4, -0.2) is 9.38 Å². The van der Waals surface area contributed by atoms with Gasteiger partial charge in [0.05, 0.1) is 4.47 Å². The molecule has 0 unspecified atom stereocenters. The predicted octanol–water partition coefficient (Wildman–Crippen LogP) is 3.00. The van der Waals surface area contributed by atoms with Gasteiger partial charge in [0, 0.05) is 6.20 Å². The molecule has 2 nitrogen and oxygen atoms in total. The molecule has 0 radical (unpaired) electrons. The Morgan fingerprint density at radius 3 is 2.83 bits per heavy atom. The minimum absolute atomic E-state index is 0.342. The zero-order chi connectivity index (χ0) is 8.72. The Morgan fingerprint density at radius 2 is 2.08 bits per heavy atom. The van der Waals surface area contributed by atoms with E-state index in [1.165, 1.54) is 4.40 Å². The van der Waals surface area contributed by atoms with Crippen molar-refractivity contribution >= 4 is 37.5 Å². The number of pyridine rings is 1. The van der Waals surface area contributed by atoms with E-state index in [0.29, 0.717) is 14.7 Å². The van der Waals surface area contributed by atoms with Crippen LogP contribution in [-0.2, 0) is 0 Å². The molecule has 2 aromatic rings. The van der Waals surface area contributed by atoms with Crippen LogP contribution in [0.4, 0.5) is 4.39 Å². The summed E-state index contributed by atoms with van der Waals surface area (Å²) >= 11 is 6.26. The third kappa shape index (κ3) is 1.17. The number of aromatic nitrogens is 2. The van der Waals surface area contributed by atoms with Gasteiger partial charge in [-0.3, -0.25) is 4.40 Å². The zero-order valence-electron chi connectivity index (χ0n) is 5.76. The van der Waals surface area contributed by atoms with Gasteiger partial charge in [0.15, 0.2) is 0 Å². The van der Waals surface area contributed by atoms with Gasteiger partial charge in [0.2, 0.25) is 5.95 Å². The van der Waals surface area contributed by atoms with Crippen LogP contribution >= 0.6 is 31.9 Å². The lowest BCUT2D eigenvalue weighted by Crippen LogP contribution is -1.90. The maximum absolute atomic E-state index is 13.3. The summed E-state index contributed by atoms with van der Waals surface area (Å²) in [7, 11) is 0. The van der Waals surface area contributed by atoms with Crippen LogP contribution in [0, 0.1) is 5.95 Å². The van der Waals surface area contributed by atoms with Crippen LogP contribution in [0.1, 0.15) is 0 Å². The summed E-state index contributed by atoms with van der Waals surface area (Å²) in [5.74, 6) is -0.342. The molecule has 0 saturated carbocycles. The average Bonchev–Trinajstić information content (AvgIpc) is 2.39. The highest BCUT2D eigenvalue weighted by Crippen LogP contribution is 2.19. The van der Waals surface area contributed by atoms with E-state index in [1.54, 1.807) is 18.3 Å². The molecule has 12 heavy (non-hydrogen) atoms. The SMILES string of the molecule is Fc1c(Br)ccc2nc(Br)cn12. The van der Waals surface area contributed by atoms with Gasteiger partial charge < -0.3 is 0 Å². The highest BCUT2D eigenvalue weighted by atomic mass is 79.9. The number of hydrogen-bond acceptors (Lipinski definition) is 1. The minimum atomic E-state index is -0.342. The minimum Gasteiger partial charge on any atom is -0.274 e. The summed E-state index contributed by atoms with van der Waals surface area (Å²) < 4.78 is 15.7. The molecule has 0 aliphatic carbocycles. The van der Waals surface area contributed by atoms with Crippen LogP contribution < -0.4 is 0 Å². The first-order valence-electron chi connectivity index (χ1n) is 3.17. The van der Waals surface area contributed by atoms with E-state index in [0.717, 1.165) is 0 Å². The number of imidazole rings is 1. The Bertz CT molecular complexity index is 438. The Morgan fingerprint density at radius 1 is 1.33 bits per heavy atom. The smallest absolute Gasteiger partial charge is 0.213 e. The zero-order valence-corrected chi connectivity index (χ0v) is 8.93. The second-order valence-electron chi connectivity index (χ2n) is 2.26. The third-order valence-electron chi connectivity index (χ3n) is 1.49. The molecule has 0 aliphatic rings. The lowest BCUT2D eigenvalue weighted by molar-refractivity contribution is 0.561. The molecule has 0 spiro atoms. The van der Waals surface area contributed by atoms with E-state index >= 15 is 0 Å². The molecular weight excluding hydrogens is 291 g/mol. The van der Waals surface area contributed by atoms with Crippen molar-refractivity contribution in [3.63, 3.8) is 0 Å². The van der Waals surface area contributed by atoms with E-state index in [9.17, 15) is 4.39 Å². The van der Waals surface area contributed by atoms with Crippen molar-refractivity contribution in [3.8, 4) is 0 Å². The third-order valence-corrected chi connectivity index (χ3v) is 2.46. The molecule has 0 atom stereocenters. The molecule has 5 heteroatoms. The summed E-state index contributed by atoms with van der Waals surface area (Å²) in [6.45, 7) is 0. The molecule has 2 aromatic heterocycles. The van der Waals surface area contributed by atoms with Crippen LogP contribution in [0.25, 0.3) is 5.65 Å². The van der Waals surface area contributed by atoms with Crippen LogP contribution in [0.5, 0.6) is 0 Å². The van der Waals surface area contributed by atoms with Gasteiger partial charge in [0.25, 0.3) is 0 Å². The van der Waals surface area contributed by atoms with Gasteiger partial charge in [-0.1, -0.05) is 0 Å². The number of rotatable bonds is 0. The number of hydrogen-bond donors (Lipinski definition) is 0. The molecule has 0 aliphatic heterocycles. The average molecular weight is 294 g/mol. The second-order valence-corrected chi connectivity index (χ2v) is 3.93. The van der Waals surface area contributed by atoms with Crippen molar-refractivity contribution in [1.82, 2.24) is 9.38 Å². The maximum atomic E-state index is 13.3. The molecule has 0 amide bonds. The van der Waals surface area contributed by atoms with Gasteiger partial charge in [-0.05, 0) is 44.0 Å². The van der Waals surface area contributed by atoms with Crippen molar-refractivity contribution < 1.29 is 4.39 Å². The second kappa shape index (κ2) is 2.81. The number of halogens is 3. The van der Waals surface area contributed by atoms with Crippen molar-refractivity contribution in [2.45, 2.75) is 0 Å². The molecule has 62 valence electrons. The fourth-order valence-corrected chi connectivity index (χ4v) is 1.68. The fraction of sp³-hybridized carbons (Fsp3) is 0. The van der Waals surface area contributed by atoms with Gasteiger partial charge in [-0.2, -0.15) is 4.39 Å². The summed E-state index contributed by atoms with van der Waals surface area (Å²) in [5, 5.41) is 0. The molecule has 2 heterocycles. The molecule has 0 fully saturated rings. The monoisotopic (exact) mass is 292 g/mol. The largest absolute Gasteiger partial charge is 0.274 e. The topological polar surface area (TPSA) is 17.3 Å². The summed E-state index contributed by atoms with van der Waals surface area (Å²) in [4.78, 5) is 4.03. The quantitative estimate of drug-likeness (QED) is 0.683. The van der Waals surface area contributed by atoms with Crippen molar-refractivity contribution in [2.24, 2.45) is 0 Å². The van der Waals surface area contributed by atoms with E-state index in [4.69, 9.17) is 0 Å². The highest BCUT2D eigenvalue weighted by molar-refractivity contribution is 9.10. The molecule has 0 N–H and O–H groups in total. The van der Waals surface area contributed by atoms with Gasteiger partial charge in [-0.25, -0.2) is 4.98 Å². The molecule has 0 saturated heterocycles. The summed E-state index contributed by atoms with van der Waals surface area (Å²) in [6.07, 6.45) is 1.58. The van der Waals surface area contributed by atoms with E-state index in [-0.39, 0.29) is 5.95 Å². The molecule has 2 rings (SSSR count). The Labute approximate surface area is 84.7 Å². The van der Waals surface area contributed by atoms with Crippen LogP contribution in [0.3, 0.4) is 0 Å². The fourth-order valence-electron chi connectivity index (χ4n) is 0.971. The van der Waals surface area contributed by atoms with E-state index in [1.807, 2.05) is 0 Å². The van der Waals surface area contributed by atoms with E-state index in [2.05, 4.69) is 36.8 Å². The standard InChI is InChI=1S/C7H3Br2FN2/c8-4-1-2-6-11-5(9)3-12(6)7(4)10/h1-3H. The Hall–Kier alpha value is -0.420. The maximum Gasteiger partial charge on any atom is 0.213 e. The number of fused-ring (bicyclic) bond motifs is 1. The number of nitrogens with zero attached hydrogens (tertiary/aromatic N) is 2. The summed E-state index contributed by atoms with van der Waals surface area (Å²) in [6, 6.07) is 3.36. The van der Waals surface area contributed by atoms with Crippen molar-refractivity contribution in [3.05, 3.63) is 33.4 Å². The van der Waals surface area contributed by atoms with Crippen LogP contribution in [0.15, 0.2) is 27.4 Å². The van der Waals surface area contributed by atoms with Gasteiger partial charge in [0.1, 0.15) is 10.3 Å². The highest BCUT2D eigenvalue weighted by Gasteiger charge is 2.05. The Kier molecular flexibility index (Phi) is 1.92.